The molecule has 2 aromatic rings. The average molecular weight is 565 g/mol. The number of hydrogen-bond acceptors (Lipinski definition) is 11. The maximum Gasteiger partial charge on any atom is 0.221 e. The molecule has 2 aliphatic carbocycles. The van der Waals surface area contributed by atoms with Gasteiger partial charge in [0.25, 0.3) is 0 Å². The van der Waals surface area contributed by atoms with Crippen molar-refractivity contribution in [1.82, 2.24) is 25.1 Å². The second kappa shape index (κ2) is 11.3. The zero-order valence-corrected chi connectivity index (χ0v) is 23.7. The predicted octanol–water partition coefficient (Wildman–Crippen LogP) is 3.57. The molecule has 4 atom stereocenters. The van der Waals surface area contributed by atoms with Gasteiger partial charge in [0.2, 0.25) is 5.88 Å². The van der Waals surface area contributed by atoms with Gasteiger partial charge in [-0.25, -0.2) is 19.6 Å². The molecule has 1 saturated heterocycles. The zero-order chi connectivity index (χ0) is 27.8. The summed E-state index contributed by atoms with van der Waals surface area (Å²) in [6.07, 6.45) is 5.32. The minimum Gasteiger partial charge on any atom is -0.471 e. The first-order chi connectivity index (χ1) is 18.7. The van der Waals surface area contributed by atoms with Crippen LogP contribution in [0.1, 0.15) is 56.4 Å². The molecule has 39 heavy (non-hydrogen) atoms. The van der Waals surface area contributed by atoms with Crippen LogP contribution in [0.5, 0.6) is 5.88 Å². The average Bonchev–Trinajstić information content (AvgIpc) is 3.60. The monoisotopic (exact) mass is 564 g/mol. The molecule has 2 saturated carbocycles. The number of aromatic nitrogens is 4. The lowest BCUT2D eigenvalue weighted by atomic mass is 9.70. The molecule has 4 heterocycles. The molecule has 2 unspecified atom stereocenters. The number of carbonyl (C=O) groups is 1. The highest BCUT2D eigenvalue weighted by molar-refractivity contribution is 7.94. The Morgan fingerprint density at radius 1 is 1.28 bits per heavy atom. The summed E-state index contributed by atoms with van der Waals surface area (Å²) in [5, 5.41) is 18.9. The third-order valence-electron chi connectivity index (χ3n) is 9.30. The van der Waals surface area contributed by atoms with E-state index in [1.807, 2.05) is 24.9 Å². The van der Waals surface area contributed by atoms with E-state index < -0.39 is 12.3 Å². The van der Waals surface area contributed by atoms with Gasteiger partial charge in [0.05, 0.1) is 24.0 Å². The van der Waals surface area contributed by atoms with E-state index in [9.17, 15) is 9.18 Å². The van der Waals surface area contributed by atoms with E-state index in [2.05, 4.69) is 48.5 Å². The lowest BCUT2D eigenvalue weighted by Crippen LogP contribution is -2.44. The summed E-state index contributed by atoms with van der Waals surface area (Å²) in [7, 11) is 1.95. The topological polar surface area (TPSA) is 124 Å². The van der Waals surface area contributed by atoms with E-state index in [4.69, 9.17) is 9.99 Å². The van der Waals surface area contributed by atoms with E-state index in [1.165, 1.54) is 17.6 Å². The number of rotatable bonds is 7. The lowest BCUT2D eigenvalue weighted by Gasteiger charge is -2.35. The Morgan fingerprint density at radius 2 is 2.10 bits per heavy atom. The van der Waals surface area contributed by atoms with E-state index in [0.29, 0.717) is 42.7 Å². The van der Waals surface area contributed by atoms with Crippen LogP contribution in [0.2, 0.25) is 0 Å². The Kier molecular flexibility index (Phi) is 8.16. The van der Waals surface area contributed by atoms with Crippen molar-refractivity contribution in [3.8, 4) is 5.88 Å². The SMILES string of the molecule is CC1(C)C2CC[C@]1(CSOOO)C(=O)C2.Cc1c(OC2CCNC[C@@H]2F)ncnc1N1Cc2cnn(C)c2C1. The molecule has 4 aliphatic rings. The minimum atomic E-state index is -1.02. The molecule has 0 spiro atoms. The molecular formula is C26H37FN6O5S. The van der Waals surface area contributed by atoms with Crippen molar-refractivity contribution in [2.24, 2.45) is 23.8 Å². The molecule has 3 fully saturated rings. The number of hydrogen-bond donors (Lipinski definition) is 2. The van der Waals surface area contributed by atoms with Crippen molar-refractivity contribution in [3.63, 3.8) is 0 Å². The summed E-state index contributed by atoms with van der Waals surface area (Å²) in [6, 6.07) is 0. The van der Waals surface area contributed by atoms with Crippen LogP contribution in [0.25, 0.3) is 0 Å². The van der Waals surface area contributed by atoms with Crippen LogP contribution in [0, 0.1) is 23.7 Å². The summed E-state index contributed by atoms with van der Waals surface area (Å²) in [5.74, 6) is 2.73. The first-order valence-corrected chi connectivity index (χ1v) is 14.3. The number of alkyl halides is 1. The Labute approximate surface area is 231 Å². The maximum atomic E-state index is 14.0. The van der Waals surface area contributed by atoms with E-state index in [0.717, 1.165) is 55.9 Å². The third-order valence-corrected chi connectivity index (χ3v) is 10.1. The van der Waals surface area contributed by atoms with Crippen molar-refractivity contribution in [2.75, 3.05) is 23.7 Å². The number of halogens is 1. The van der Waals surface area contributed by atoms with Gasteiger partial charge in [-0.1, -0.05) is 18.9 Å². The molecule has 6 rings (SSSR count). The highest BCUT2D eigenvalue weighted by Crippen LogP contribution is 2.64. The van der Waals surface area contributed by atoms with Gasteiger partial charge in [-0.15, -0.1) is 4.33 Å². The number of fused-ring (bicyclic) bond motifs is 3. The van der Waals surface area contributed by atoms with Gasteiger partial charge >= 0.3 is 0 Å². The molecule has 13 heteroatoms. The Morgan fingerprint density at radius 3 is 2.77 bits per heavy atom. The summed E-state index contributed by atoms with van der Waals surface area (Å²) >= 11 is 1.01. The third kappa shape index (κ3) is 5.15. The largest absolute Gasteiger partial charge is 0.471 e. The van der Waals surface area contributed by atoms with E-state index in [-0.39, 0.29) is 10.8 Å². The Bertz CT molecular complexity index is 1200. The van der Waals surface area contributed by atoms with Gasteiger partial charge < -0.3 is 15.0 Å². The summed E-state index contributed by atoms with van der Waals surface area (Å²) in [4.78, 5) is 22.8. The number of anilines is 1. The molecule has 0 radical (unpaired) electrons. The Hall–Kier alpha value is -2.32. The molecule has 2 aromatic heterocycles. The molecule has 2 aliphatic heterocycles. The molecule has 0 aromatic carbocycles. The van der Waals surface area contributed by atoms with Gasteiger partial charge in [0.15, 0.2) is 0 Å². The fourth-order valence-corrected chi connectivity index (χ4v) is 7.60. The summed E-state index contributed by atoms with van der Waals surface area (Å²) in [5.41, 5.74) is 3.03. The van der Waals surface area contributed by atoms with Crippen LogP contribution in [0.15, 0.2) is 12.5 Å². The first-order valence-electron chi connectivity index (χ1n) is 13.4. The van der Waals surface area contributed by atoms with E-state index >= 15 is 0 Å². The molecular weight excluding hydrogens is 527 g/mol. The molecule has 214 valence electrons. The van der Waals surface area contributed by atoms with E-state index in [1.54, 1.807) is 0 Å². The van der Waals surface area contributed by atoms with Gasteiger partial charge in [-0.2, -0.15) is 5.10 Å². The molecule has 11 nitrogen and oxygen atoms in total. The van der Waals surface area contributed by atoms with Gasteiger partial charge in [0.1, 0.15) is 30.2 Å². The van der Waals surface area contributed by atoms with Gasteiger partial charge in [-0.3, -0.25) is 9.48 Å². The van der Waals surface area contributed by atoms with Crippen molar-refractivity contribution in [3.05, 3.63) is 29.3 Å². The number of aryl methyl sites for hydroxylation is 1. The van der Waals surface area contributed by atoms with Crippen molar-refractivity contribution < 1.29 is 28.6 Å². The molecule has 2 N–H and O–H groups in total. The number of Topliss-reactive ketones (excluding diaryl/α,β-unsaturated/α-hetero) is 1. The highest BCUT2D eigenvalue weighted by atomic mass is 32.2. The fourth-order valence-electron chi connectivity index (χ4n) is 6.63. The van der Waals surface area contributed by atoms with Gasteiger partial charge in [0, 0.05) is 55.3 Å². The normalized spacial score (nSPS) is 28.8. The smallest absolute Gasteiger partial charge is 0.221 e. The number of piperidine rings is 1. The quantitative estimate of drug-likeness (QED) is 0.222. The second-order valence-electron chi connectivity index (χ2n) is 11.5. The number of nitrogens with zero attached hydrogens (tertiary/aromatic N) is 5. The van der Waals surface area contributed by atoms with Crippen molar-refractivity contribution >= 4 is 23.6 Å². The standard InChI is InChI=1S/C16H21FN6O.C10H16O4S/c1-10-15(23-7-11-5-21-22(2)13(11)8-23)19-9-20-16(10)24-14-3-4-18-6-12(14)17;1-9(2)7-3-4-10(9,8(11)5-7)6-15-14-13-12/h5,9,12,14,18H,3-4,6-8H2,1-2H3;7,12H,3-6H2,1-2H3/t12-,14?;7?,10-/m00/s1. The van der Waals surface area contributed by atoms with Crippen LogP contribution in [0.3, 0.4) is 0 Å². The molecule has 2 bridgehead atoms. The fraction of sp³-hybridized carbons (Fsp3) is 0.692. The first kappa shape index (κ1) is 28.2. The predicted molar refractivity (Wildman–Crippen MR) is 142 cm³/mol. The van der Waals surface area contributed by atoms with Crippen molar-refractivity contribution in [2.45, 2.75) is 71.8 Å². The van der Waals surface area contributed by atoms with Crippen LogP contribution in [-0.2, 0) is 34.3 Å². The van der Waals surface area contributed by atoms with Crippen LogP contribution >= 0.6 is 12.0 Å². The number of ketones is 1. The summed E-state index contributed by atoms with van der Waals surface area (Å²) in [6.45, 7) is 8.86. The second-order valence-corrected chi connectivity index (χ2v) is 12.1. The highest BCUT2D eigenvalue weighted by Gasteiger charge is 2.64. The minimum absolute atomic E-state index is 0.0515. The summed E-state index contributed by atoms with van der Waals surface area (Å²) < 4.78 is 26.2. The number of nitrogens with one attached hydrogen (secondary N) is 1. The van der Waals surface area contributed by atoms with Crippen molar-refractivity contribution in [1.29, 1.82) is 0 Å². The van der Waals surface area contributed by atoms with Crippen LogP contribution < -0.4 is 15.0 Å². The van der Waals surface area contributed by atoms with Crippen LogP contribution in [0.4, 0.5) is 10.2 Å². The molecule has 0 amide bonds. The number of carbonyl (C=O) groups excluding carboxylic acids is 1. The lowest BCUT2D eigenvalue weighted by molar-refractivity contribution is -0.432. The Balaban J connectivity index is 0.000000177. The van der Waals surface area contributed by atoms with Crippen LogP contribution in [-0.4, -0.2) is 61.9 Å². The maximum absolute atomic E-state index is 14.0. The number of ether oxygens (including phenoxy) is 1. The zero-order valence-electron chi connectivity index (χ0n) is 22.9. The van der Waals surface area contributed by atoms with Gasteiger partial charge in [-0.05, 0) is 44.1 Å².